The number of aliphatic carboxylic acids is 2. The smallest absolute Gasteiger partial charge is 0.0740 e. The fourth-order valence-electron chi connectivity index (χ4n) is 0.736. The Morgan fingerprint density at radius 2 is 1.14 bits per heavy atom. The van der Waals surface area contributed by atoms with Crippen LogP contribution in [0.5, 0.6) is 0 Å². The van der Waals surface area contributed by atoms with Gasteiger partial charge in [-0.3, -0.25) is 0 Å². The zero-order chi connectivity index (χ0) is 17.4. The Morgan fingerprint density at radius 1 is 0.857 bits per heavy atom. The van der Waals surface area contributed by atoms with Crippen molar-refractivity contribution in [1.82, 2.24) is 0 Å². The summed E-state index contributed by atoms with van der Waals surface area (Å²) in [6.45, 7) is 14.9. The predicted molar refractivity (Wildman–Crippen MR) is 79.7 cm³/mol. The highest BCUT2D eigenvalue weighted by Crippen LogP contribution is 1.86. The van der Waals surface area contributed by atoms with E-state index in [-0.39, 0.29) is 5.57 Å². The van der Waals surface area contributed by atoms with Crippen molar-refractivity contribution in [3.63, 3.8) is 0 Å². The monoisotopic (exact) mass is 304 g/mol. The van der Waals surface area contributed by atoms with Crippen LogP contribution in [0, 0.1) is 0 Å². The van der Waals surface area contributed by atoms with E-state index in [2.05, 4.69) is 41.8 Å². The molecule has 0 spiro atoms. The van der Waals surface area contributed by atoms with Crippen LogP contribution in [-0.4, -0.2) is 52.2 Å². The minimum atomic E-state index is -1.53. The highest BCUT2D eigenvalue weighted by molar-refractivity contribution is 5.92. The maximum atomic E-state index is 9.76. The van der Waals surface area contributed by atoms with E-state index in [0.29, 0.717) is 6.08 Å². The molecule has 21 heavy (non-hydrogen) atoms. The largest absolute Gasteiger partial charge is 0.545 e. The molecule has 0 saturated heterocycles. The summed E-state index contributed by atoms with van der Waals surface area (Å²) in [5.74, 6) is -3.03. The van der Waals surface area contributed by atoms with Crippen LogP contribution in [0.2, 0.25) is 0 Å². The van der Waals surface area contributed by atoms with Gasteiger partial charge in [-0.2, -0.15) is 0 Å². The van der Waals surface area contributed by atoms with Gasteiger partial charge in [0.05, 0.1) is 52.2 Å². The number of nitrogens with one attached hydrogen (secondary N) is 2. The molecule has 0 radical (unpaired) electrons. The average Bonchev–Trinajstić information content (AvgIpc) is 2.45. The molecule has 0 fully saturated rings. The Bertz CT molecular complexity index is 286. The number of carboxylic acids is 2. The lowest BCUT2D eigenvalue weighted by Crippen LogP contribution is -3.08. The molecule has 0 aromatic heterocycles. The number of rotatable bonds is 6. The Hall–Kier alpha value is -1.40. The number of hydrogen-bond acceptors (Lipinski definition) is 4. The lowest BCUT2D eigenvalue weighted by Gasteiger charge is -2.04. The first kappa shape index (κ1) is 24.6. The first-order valence-corrected chi connectivity index (χ1v) is 7.39. The summed E-state index contributed by atoms with van der Waals surface area (Å²) < 4.78 is 0. The van der Waals surface area contributed by atoms with Crippen LogP contribution >= 0.6 is 0 Å². The van der Waals surface area contributed by atoms with Gasteiger partial charge in [-0.15, -0.1) is 0 Å². The van der Waals surface area contributed by atoms with Gasteiger partial charge in [0.15, 0.2) is 0 Å². The molecular weight excluding hydrogens is 272 g/mol. The summed E-state index contributed by atoms with van der Waals surface area (Å²) in [6, 6.07) is 0. The summed E-state index contributed by atoms with van der Waals surface area (Å²) in [5.41, 5.74) is -0.352. The molecule has 0 rings (SSSR count). The summed E-state index contributed by atoms with van der Waals surface area (Å²) >= 11 is 0. The van der Waals surface area contributed by atoms with E-state index in [1.165, 1.54) is 26.2 Å². The van der Waals surface area contributed by atoms with E-state index in [1.807, 2.05) is 0 Å². The second-order valence-corrected chi connectivity index (χ2v) is 4.76. The third-order valence-corrected chi connectivity index (χ3v) is 3.07. The molecule has 0 amide bonds. The van der Waals surface area contributed by atoms with Crippen LogP contribution in [0.15, 0.2) is 11.6 Å². The molecule has 0 bridgehead atoms. The third kappa shape index (κ3) is 24.0. The Balaban J connectivity index is -0.000000240. The molecule has 0 aliphatic heterocycles. The molecule has 0 aromatic rings. The van der Waals surface area contributed by atoms with Gasteiger partial charge in [0.2, 0.25) is 0 Å². The standard InChI is InChI=1S/2C5H13N.C5H6O4/c2*1-4-6(3)5-2;1-3(5(8)9)2-4(6)7/h2*4-5H2,1-3H3;2H,1H3,(H,6,7)(H,8,9)/b;;3-2-. The summed E-state index contributed by atoms with van der Waals surface area (Å²) in [7, 11) is 4.39. The van der Waals surface area contributed by atoms with Crippen molar-refractivity contribution in [2.24, 2.45) is 0 Å². The third-order valence-electron chi connectivity index (χ3n) is 3.07. The highest BCUT2D eigenvalue weighted by Gasteiger charge is 1.86. The molecule has 6 heteroatoms. The Labute approximate surface area is 129 Å². The van der Waals surface area contributed by atoms with Crippen LogP contribution in [-0.2, 0) is 9.59 Å². The quantitative estimate of drug-likeness (QED) is 0.499. The van der Waals surface area contributed by atoms with E-state index >= 15 is 0 Å². The van der Waals surface area contributed by atoms with Gasteiger partial charge >= 0.3 is 0 Å². The number of hydrogen-bond donors (Lipinski definition) is 2. The Morgan fingerprint density at radius 3 is 1.19 bits per heavy atom. The fourth-order valence-corrected chi connectivity index (χ4v) is 0.736. The maximum absolute atomic E-state index is 9.76. The van der Waals surface area contributed by atoms with E-state index < -0.39 is 11.9 Å². The van der Waals surface area contributed by atoms with Crippen LogP contribution in [0.4, 0.5) is 0 Å². The van der Waals surface area contributed by atoms with Gasteiger partial charge in [-0.05, 0) is 46.3 Å². The van der Waals surface area contributed by atoms with E-state index in [0.717, 1.165) is 6.92 Å². The normalized spacial score (nSPS) is 10.4. The molecule has 2 N–H and O–H groups in total. The number of carboxylic acid groups (broad SMARTS) is 2. The van der Waals surface area contributed by atoms with Gasteiger partial charge < -0.3 is 29.6 Å². The molecule has 126 valence electrons. The van der Waals surface area contributed by atoms with Crippen molar-refractivity contribution < 1.29 is 29.6 Å². The van der Waals surface area contributed by atoms with Crippen molar-refractivity contribution in [2.45, 2.75) is 34.6 Å². The van der Waals surface area contributed by atoms with Gasteiger partial charge in [0.1, 0.15) is 0 Å². The second kappa shape index (κ2) is 16.7. The van der Waals surface area contributed by atoms with Crippen molar-refractivity contribution in [3.8, 4) is 0 Å². The minimum absolute atomic E-state index is 0.352. The second-order valence-electron chi connectivity index (χ2n) is 4.76. The molecule has 0 unspecified atom stereocenters. The predicted octanol–water partition coefficient (Wildman–Crippen LogP) is -3.49. The fraction of sp³-hybridized carbons (Fsp3) is 0.733. The summed E-state index contributed by atoms with van der Waals surface area (Å²) in [5, 5.41) is 19.4. The van der Waals surface area contributed by atoms with Crippen molar-refractivity contribution in [2.75, 3.05) is 40.3 Å². The van der Waals surface area contributed by atoms with Crippen molar-refractivity contribution in [1.29, 1.82) is 0 Å². The van der Waals surface area contributed by atoms with Crippen LogP contribution < -0.4 is 20.0 Å². The van der Waals surface area contributed by atoms with E-state index in [9.17, 15) is 19.8 Å². The molecule has 0 saturated carbocycles. The molecular formula is C15H32N2O4. The van der Waals surface area contributed by atoms with Crippen LogP contribution in [0.3, 0.4) is 0 Å². The van der Waals surface area contributed by atoms with Gasteiger partial charge in [0.25, 0.3) is 0 Å². The lowest BCUT2D eigenvalue weighted by atomic mass is 10.3. The van der Waals surface area contributed by atoms with E-state index in [1.54, 1.807) is 9.80 Å². The Kier molecular flexibility index (Phi) is 19.5. The zero-order valence-electron chi connectivity index (χ0n) is 14.5. The van der Waals surface area contributed by atoms with Crippen LogP contribution in [0.1, 0.15) is 34.6 Å². The summed E-state index contributed by atoms with van der Waals surface area (Å²) in [4.78, 5) is 22.6. The highest BCUT2D eigenvalue weighted by atomic mass is 16.4. The molecule has 6 nitrogen and oxygen atoms in total. The number of carbonyl (C=O) groups is 2. The van der Waals surface area contributed by atoms with Gasteiger partial charge in [0, 0.05) is 0 Å². The molecule has 0 heterocycles. The lowest BCUT2D eigenvalue weighted by molar-refractivity contribution is -0.875. The summed E-state index contributed by atoms with van der Waals surface area (Å²) in [6.07, 6.45) is 0.468. The number of carbonyl (C=O) groups excluding carboxylic acids is 2. The van der Waals surface area contributed by atoms with Gasteiger partial charge in [-0.1, -0.05) is 0 Å². The first-order valence-electron chi connectivity index (χ1n) is 7.39. The SMILES string of the molecule is C/C(=C/C(=O)[O-])C(=O)[O-].CC[NH+](C)CC.CC[NH+](C)CC. The molecule has 0 aliphatic carbocycles. The van der Waals surface area contributed by atoms with Gasteiger partial charge in [-0.25, -0.2) is 0 Å². The zero-order valence-corrected chi connectivity index (χ0v) is 14.5. The maximum Gasteiger partial charge on any atom is 0.0740 e. The molecule has 0 atom stereocenters. The average molecular weight is 304 g/mol. The minimum Gasteiger partial charge on any atom is -0.545 e. The van der Waals surface area contributed by atoms with Crippen LogP contribution in [0.25, 0.3) is 0 Å². The molecule has 0 aromatic carbocycles. The van der Waals surface area contributed by atoms with Crippen molar-refractivity contribution in [3.05, 3.63) is 11.6 Å². The topological polar surface area (TPSA) is 89.1 Å². The first-order chi connectivity index (χ1) is 9.65. The van der Waals surface area contributed by atoms with E-state index in [4.69, 9.17) is 0 Å². The van der Waals surface area contributed by atoms with Crippen molar-refractivity contribution >= 4 is 11.9 Å². The molecule has 0 aliphatic rings. The number of quaternary nitrogens is 2.